The van der Waals surface area contributed by atoms with E-state index in [2.05, 4.69) is 11.9 Å². The van der Waals surface area contributed by atoms with Crippen molar-refractivity contribution in [3.05, 3.63) is 36.3 Å². The Hall–Kier alpha value is -1.88. The molecule has 1 atom stereocenters. The summed E-state index contributed by atoms with van der Waals surface area (Å²) < 4.78 is 1.87. The summed E-state index contributed by atoms with van der Waals surface area (Å²) in [6, 6.07) is 5.73. The van der Waals surface area contributed by atoms with Crippen LogP contribution < -0.4 is 5.73 Å². The van der Waals surface area contributed by atoms with Gasteiger partial charge in [0, 0.05) is 25.5 Å². The van der Waals surface area contributed by atoms with E-state index in [4.69, 9.17) is 5.73 Å². The summed E-state index contributed by atoms with van der Waals surface area (Å²) in [6.45, 7) is 4.22. The summed E-state index contributed by atoms with van der Waals surface area (Å²) in [4.78, 5) is 18.7. The SMILES string of the molecule is CC1(CN)CCN(C(=O)c2cn3ccccc3n2)C1. The van der Waals surface area contributed by atoms with Crippen molar-refractivity contribution in [2.45, 2.75) is 13.3 Å². The summed E-state index contributed by atoms with van der Waals surface area (Å²) >= 11 is 0. The van der Waals surface area contributed by atoms with Crippen molar-refractivity contribution in [1.29, 1.82) is 0 Å². The van der Waals surface area contributed by atoms with Crippen LogP contribution in [0.25, 0.3) is 5.65 Å². The van der Waals surface area contributed by atoms with E-state index in [1.807, 2.05) is 33.7 Å². The predicted octanol–water partition coefficient (Wildman–Crippen LogP) is 1.15. The molecule has 0 saturated carbocycles. The number of nitrogens with two attached hydrogens (primary N) is 1. The topological polar surface area (TPSA) is 63.6 Å². The highest BCUT2D eigenvalue weighted by atomic mass is 16.2. The molecule has 5 heteroatoms. The molecule has 0 aliphatic carbocycles. The summed E-state index contributed by atoms with van der Waals surface area (Å²) in [5, 5.41) is 0. The Morgan fingerprint density at radius 3 is 3.05 bits per heavy atom. The van der Waals surface area contributed by atoms with Gasteiger partial charge in [0.15, 0.2) is 0 Å². The molecule has 1 amide bonds. The molecule has 1 saturated heterocycles. The highest BCUT2D eigenvalue weighted by Gasteiger charge is 2.35. The van der Waals surface area contributed by atoms with Gasteiger partial charge in [-0.15, -0.1) is 0 Å². The third-order valence-corrected chi connectivity index (χ3v) is 3.92. The maximum atomic E-state index is 12.4. The molecule has 100 valence electrons. The number of carbonyl (C=O) groups is 1. The summed E-state index contributed by atoms with van der Waals surface area (Å²) in [6.07, 6.45) is 4.64. The molecule has 3 heterocycles. The van der Waals surface area contributed by atoms with E-state index in [9.17, 15) is 4.79 Å². The zero-order valence-electron chi connectivity index (χ0n) is 11.0. The standard InChI is InChI=1S/C14H18N4O/c1-14(9-15)5-7-18(10-14)13(19)11-8-17-6-3-2-4-12(17)16-11/h2-4,6,8H,5,7,9-10,15H2,1H3. The molecule has 19 heavy (non-hydrogen) atoms. The Morgan fingerprint density at radius 2 is 2.37 bits per heavy atom. The van der Waals surface area contributed by atoms with E-state index in [0.717, 1.165) is 25.2 Å². The molecule has 2 aromatic rings. The minimum absolute atomic E-state index is 0.000810. The van der Waals surface area contributed by atoms with Crippen LogP contribution in [0, 0.1) is 5.41 Å². The van der Waals surface area contributed by atoms with Crippen LogP contribution in [0.3, 0.4) is 0 Å². The zero-order chi connectivity index (χ0) is 13.5. The van der Waals surface area contributed by atoms with Crippen LogP contribution in [0.15, 0.2) is 30.6 Å². The third-order valence-electron chi connectivity index (χ3n) is 3.92. The van der Waals surface area contributed by atoms with Gasteiger partial charge < -0.3 is 15.0 Å². The van der Waals surface area contributed by atoms with Crippen molar-refractivity contribution in [3.8, 4) is 0 Å². The molecule has 5 nitrogen and oxygen atoms in total. The maximum Gasteiger partial charge on any atom is 0.274 e. The van der Waals surface area contributed by atoms with Crippen molar-refractivity contribution in [3.63, 3.8) is 0 Å². The number of hydrogen-bond donors (Lipinski definition) is 1. The van der Waals surface area contributed by atoms with Gasteiger partial charge >= 0.3 is 0 Å². The van der Waals surface area contributed by atoms with Gasteiger partial charge in [0.05, 0.1) is 0 Å². The molecule has 1 fully saturated rings. The Morgan fingerprint density at radius 1 is 1.53 bits per heavy atom. The Labute approximate surface area is 112 Å². The van der Waals surface area contributed by atoms with Crippen LogP contribution in [0.1, 0.15) is 23.8 Å². The molecule has 1 aliphatic heterocycles. The Balaban J connectivity index is 1.84. The average Bonchev–Trinajstić information content (AvgIpc) is 3.02. The van der Waals surface area contributed by atoms with E-state index in [0.29, 0.717) is 12.2 Å². The minimum atomic E-state index is 0.000810. The molecule has 1 aliphatic rings. The van der Waals surface area contributed by atoms with Gasteiger partial charge in [-0.25, -0.2) is 4.98 Å². The van der Waals surface area contributed by atoms with Gasteiger partial charge in [-0.1, -0.05) is 13.0 Å². The lowest BCUT2D eigenvalue weighted by Gasteiger charge is -2.21. The van der Waals surface area contributed by atoms with Crippen LogP contribution in [0.4, 0.5) is 0 Å². The van der Waals surface area contributed by atoms with Crippen LogP contribution in [-0.2, 0) is 0 Å². The smallest absolute Gasteiger partial charge is 0.274 e. The number of carbonyl (C=O) groups excluding carboxylic acids is 1. The lowest BCUT2D eigenvalue weighted by molar-refractivity contribution is 0.0772. The molecular weight excluding hydrogens is 240 g/mol. The van der Waals surface area contributed by atoms with Gasteiger partial charge in [0.25, 0.3) is 5.91 Å². The normalized spacial score (nSPS) is 23.2. The molecule has 2 N–H and O–H groups in total. The highest BCUT2D eigenvalue weighted by molar-refractivity contribution is 5.93. The molecule has 1 unspecified atom stereocenters. The lowest BCUT2D eigenvalue weighted by atomic mass is 9.90. The zero-order valence-corrected chi connectivity index (χ0v) is 11.0. The Kier molecular flexibility index (Phi) is 2.78. The number of rotatable bonds is 2. The van der Waals surface area contributed by atoms with Gasteiger partial charge in [-0.2, -0.15) is 0 Å². The molecule has 2 aromatic heterocycles. The van der Waals surface area contributed by atoms with Gasteiger partial charge in [-0.3, -0.25) is 4.79 Å². The van der Waals surface area contributed by atoms with E-state index >= 15 is 0 Å². The fourth-order valence-corrected chi connectivity index (χ4v) is 2.56. The lowest BCUT2D eigenvalue weighted by Crippen LogP contribution is -2.34. The number of imidazole rings is 1. The molecule has 0 spiro atoms. The highest BCUT2D eigenvalue weighted by Crippen LogP contribution is 2.29. The van der Waals surface area contributed by atoms with Crippen molar-refractivity contribution in [2.24, 2.45) is 11.1 Å². The van der Waals surface area contributed by atoms with E-state index in [-0.39, 0.29) is 11.3 Å². The van der Waals surface area contributed by atoms with Gasteiger partial charge in [-0.05, 0) is 30.5 Å². The monoisotopic (exact) mass is 258 g/mol. The van der Waals surface area contributed by atoms with Crippen molar-refractivity contribution < 1.29 is 4.79 Å². The number of nitrogens with zero attached hydrogens (tertiary/aromatic N) is 3. The first-order chi connectivity index (χ1) is 9.11. The average molecular weight is 258 g/mol. The van der Waals surface area contributed by atoms with Crippen LogP contribution in [0.2, 0.25) is 0 Å². The predicted molar refractivity (Wildman–Crippen MR) is 72.9 cm³/mol. The van der Waals surface area contributed by atoms with Gasteiger partial charge in [0.2, 0.25) is 0 Å². The third kappa shape index (κ3) is 2.10. The number of likely N-dealkylation sites (tertiary alicyclic amines) is 1. The second kappa shape index (κ2) is 4.35. The van der Waals surface area contributed by atoms with Crippen LogP contribution in [0.5, 0.6) is 0 Å². The largest absolute Gasteiger partial charge is 0.337 e. The molecular formula is C14H18N4O. The Bertz CT molecular complexity index is 588. The first-order valence-electron chi connectivity index (χ1n) is 6.54. The van der Waals surface area contributed by atoms with E-state index in [1.165, 1.54) is 0 Å². The number of pyridine rings is 1. The minimum Gasteiger partial charge on any atom is -0.337 e. The maximum absolute atomic E-state index is 12.4. The number of aromatic nitrogens is 2. The fraction of sp³-hybridized carbons (Fsp3) is 0.429. The second-order valence-electron chi connectivity index (χ2n) is 5.58. The van der Waals surface area contributed by atoms with Crippen LogP contribution >= 0.6 is 0 Å². The summed E-state index contributed by atoms with van der Waals surface area (Å²) in [5.41, 5.74) is 7.13. The first-order valence-corrected chi connectivity index (χ1v) is 6.54. The quantitative estimate of drug-likeness (QED) is 0.878. The van der Waals surface area contributed by atoms with Gasteiger partial charge in [0.1, 0.15) is 11.3 Å². The molecule has 3 rings (SSSR count). The van der Waals surface area contributed by atoms with Crippen LogP contribution in [-0.4, -0.2) is 39.8 Å². The molecule has 0 aromatic carbocycles. The summed E-state index contributed by atoms with van der Waals surface area (Å²) in [5.74, 6) is 0.000810. The molecule has 0 radical (unpaired) electrons. The van der Waals surface area contributed by atoms with Crippen molar-refractivity contribution in [2.75, 3.05) is 19.6 Å². The second-order valence-corrected chi connectivity index (χ2v) is 5.58. The van der Waals surface area contributed by atoms with E-state index in [1.54, 1.807) is 6.20 Å². The molecule has 0 bridgehead atoms. The fourth-order valence-electron chi connectivity index (χ4n) is 2.56. The number of hydrogen-bond acceptors (Lipinski definition) is 3. The van der Waals surface area contributed by atoms with Crippen molar-refractivity contribution >= 4 is 11.6 Å². The number of amides is 1. The first kappa shape index (κ1) is 12.2. The van der Waals surface area contributed by atoms with Crippen molar-refractivity contribution in [1.82, 2.24) is 14.3 Å². The summed E-state index contributed by atoms with van der Waals surface area (Å²) in [7, 11) is 0. The number of fused-ring (bicyclic) bond motifs is 1. The van der Waals surface area contributed by atoms with E-state index < -0.39 is 0 Å².